The van der Waals surface area contributed by atoms with Crippen LogP contribution in [0.1, 0.15) is 34.3 Å². The quantitative estimate of drug-likeness (QED) is 0.694. The van der Waals surface area contributed by atoms with E-state index >= 15 is 0 Å². The van der Waals surface area contributed by atoms with Crippen LogP contribution in [0.4, 0.5) is 0 Å². The molecule has 0 unspecified atom stereocenters. The van der Waals surface area contributed by atoms with Gasteiger partial charge in [-0.15, -0.1) is 0 Å². The van der Waals surface area contributed by atoms with E-state index < -0.39 is 11.9 Å². The fraction of sp³-hybridized carbons (Fsp3) is 0.182. The third kappa shape index (κ3) is 2.54. The van der Waals surface area contributed by atoms with Crippen LogP contribution in [0.2, 0.25) is 0 Å². The molecule has 0 amide bonds. The van der Waals surface area contributed by atoms with E-state index in [-0.39, 0.29) is 12.6 Å². The van der Waals surface area contributed by atoms with Crippen molar-refractivity contribution in [3.63, 3.8) is 0 Å². The number of Topliss-reactive ketones (excluding diaryl/α,β-unsaturated/α-hetero) is 1. The van der Waals surface area contributed by atoms with E-state index in [0.29, 0.717) is 33.9 Å². The lowest BCUT2D eigenvalue weighted by Gasteiger charge is -2.29. The van der Waals surface area contributed by atoms with Gasteiger partial charge in [-0.3, -0.25) is 4.79 Å². The molecule has 5 rings (SSSR count). The number of ether oxygens (including phenoxy) is 3. The molecule has 0 aromatic heterocycles. The molecule has 2 aliphatic heterocycles. The number of rotatable bonds is 2. The van der Waals surface area contributed by atoms with Crippen LogP contribution in [-0.4, -0.2) is 25.7 Å². The van der Waals surface area contributed by atoms with Crippen LogP contribution in [0.3, 0.4) is 0 Å². The Labute approximate surface area is 175 Å². The summed E-state index contributed by atoms with van der Waals surface area (Å²) in [7, 11) is 1.34. The zero-order chi connectivity index (χ0) is 20.3. The molecule has 0 fully saturated rings. The summed E-state index contributed by atoms with van der Waals surface area (Å²) in [6.07, 6.45) is 0. The van der Waals surface area contributed by atoms with E-state index in [1.54, 1.807) is 12.1 Å². The average molecular weight is 454 g/mol. The number of methoxy groups -OCH3 is 1. The van der Waals surface area contributed by atoms with Crippen LogP contribution in [-0.2, 0) is 9.53 Å². The summed E-state index contributed by atoms with van der Waals surface area (Å²) in [5.41, 5.74) is 4.48. The van der Waals surface area contributed by atoms with E-state index in [2.05, 4.69) is 21.2 Å². The van der Waals surface area contributed by atoms with Crippen molar-refractivity contribution in [1.82, 2.24) is 5.32 Å². The van der Waals surface area contributed by atoms with Crippen molar-refractivity contribution in [2.24, 2.45) is 0 Å². The summed E-state index contributed by atoms with van der Waals surface area (Å²) in [4.78, 5) is 26.1. The van der Waals surface area contributed by atoms with Crippen LogP contribution in [0.15, 0.2) is 57.7 Å². The molecule has 2 aromatic rings. The summed E-state index contributed by atoms with van der Waals surface area (Å²) in [5.74, 6) is -0.00672. The number of nitrogens with one attached hydrogen (secondary N) is 1. The fourth-order valence-corrected chi connectivity index (χ4v) is 4.73. The zero-order valence-corrected chi connectivity index (χ0v) is 17.3. The lowest BCUT2D eigenvalue weighted by molar-refractivity contribution is -0.136. The molecular formula is C22H16BrNO5. The predicted molar refractivity (Wildman–Crippen MR) is 109 cm³/mol. The van der Waals surface area contributed by atoms with Gasteiger partial charge in [0.05, 0.1) is 24.3 Å². The zero-order valence-electron chi connectivity index (χ0n) is 15.7. The minimum atomic E-state index is -0.609. The minimum Gasteiger partial charge on any atom is -0.466 e. The lowest BCUT2D eigenvalue weighted by Crippen LogP contribution is -2.29. The smallest absolute Gasteiger partial charge is 0.336 e. The Bertz CT molecular complexity index is 1160. The highest BCUT2D eigenvalue weighted by Gasteiger charge is 2.43. The average Bonchev–Trinajstić information content (AvgIpc) is 3.28. The largest absolute Gasteiger partial charge is 0.466 e. The summed E-state index contributed by atoms with van der Waals surface area (Å²) < 4.78 is 16.8. The van der Waals surface area contributed by atoms with Crippen LogP contribution >= 0.6 is 15.9 Å². The van der Waals surface area contributed by atoms with Crippen LogP contribution in [0.25, 0.3) is 5.70 Å². The first-order valence-electron chi connectivity index (χ1n) is 9.04. The van der Waals surface area contributed by atoms with Gasteiger partial charge in [0, 0.05) is 26.9 Å². The normalized spacial score (nSPS) is 19.1. The summed E-state index contributed by atoms with van der Waals surface area (Å²) >= 11 is 3.59. The molecule has 29 heavy (non-hydrogen) atoms. The van der Waals surface area contributed by atoms with Crippen molar-refractivity contribution in [3.8, 4) is 11.5 Å². The van der Waals surface area contributed by atoms with E-state index in [1.165, 1.54) is 7.11 Å². The molecule has 1 atom stereocenters. The van der Waals surface area contributed by atoms with Gasteiger partial charge in [-0.05, 0) is 24.6 Å². The molecule has 7 heteroatoms. The van der Waals surface area contributed by atoms with Crippen molar-refractivity contribution in [1.29, 1.82) is 0 Å². The van der Waals surface area contributed by atoms with Crippen LogP contribution in [0, 0.1) is 0 Å². The number of carbonyl (C=O) groups is 2. The van der Waals surface area contributed by atoms with E-state index in [0.717, 1.165) is 21.3 Å². The molecule has 6 nitrogen and oxygen atoms in total. The van der Waals surface area contributed by atoms with Gasteiger partial charge < -0.3 is 19.5 Å². The third-order valence-electron chi connectivity index (χ3n) is 5.46. The standard InChI is InChI=1S/C22H16BrNO5/c1-10-17(22(26)27-2)18(13-7-15-16(8-14(13)23)29-9-28-15)19-20(24-10)11-5-3-4-6-12(11)21(19)25/h3-8,18,24H,9H2,1-2H3/t18-/m0/s1. The first-order chi connectivity index (χ1) is 14.0. The Kier molecular flexibility index (Phi) is 4.03. The number of dihydropyridines is 1. The van der Waals surface area contributed by atoms with Gasteiger partial charge in [-0.25, -0.2) is 4.79 Å². The Morgan fingerprint density at radius 1 is 1.17 bits per heavy atom. The maximum atomic E-state index is 13.4. The highest BCUT2D eigenvalue weighted by atomic mass is 79.9. The second-order valence-electron chi connectivity index (χ2n) is 6.98. The van der Waals surface area contributed by atoms with Gasteiger partial charge >= 0.3 is 5.97 Å². The molecule has 0 saturated heterocycles. The Morgan fingerprint density at radius 3 is 2.59 bits per heavy atom. The van der Waals surface area contributed by atoms with Crippen molar-refractivity contribution < 1.29 is 23.8 Å². The number of hydrogen-bond donors (Lipinski definition) is 1. The van der Waals surface area contributed by atoms with E-state index in [4.69, 9.17) is 14.2 Å². The van der Waals surface area contributed by atoms with Crippen molar-refractivity contribution in [2.45, 2.75) is 12.8 Å². The molecule has 2 heterocycles. The fourth-order valence-electron chi connectivity index (χ4n) is 4.17. The van der Waals surface area contributed by atoms with Gasteiger partial charge in [0.15, 0.2) is 17.3 Å². The van der Waals surface area contributed by atoms with Gasteiger partial charge in [-0.2, -0.15) is 0 Å². The molecule has 1 N–H and O–H groups in total. The SMILES string of the molecule is COC(=O)C1=C(C)NC2=C(C(=O)c3ccccc32)[C@H]1c1cc2c(cc1Br)OCO2. The molecule has 0 spiro atoms. The number of esters is 1. The number of ketones is 1. The van der Waals surface area contributed by atoms with Gasteiger partial charge in [0.2, 0.25) is 6.79 Å². The summed E-state index contributed by atoms with van der Waals surface area (Å²) in [6.45, 7) is 1.95. The first kappa shape index (κ1) is 18.0. The topological polar surface area (TPSA) is 73.9 Å². The van der Waals surface area contributed by atoms with Crippen molar-refractivity contribution >= 4 is 33.4 Å². The predicted octanol–water partition coefficient (Wildman–Crippen LogP) is 3.92. The maximum absolute atomic E-state index is 13.4. The molecule has 0 radical (unpaired) electrons. The molecule has 2 aromatic carbocycles. The monoisotopic (exact) mass is 453 g/mol. The summed E-state index contributed by atoms with van der Waals surface area (Å²) in [5, 5.41) is 3.27. The number of allylic oxidation sites excluding steroid dienone is 2. The molecule has 0 saturated carbocycles. The number of halogens is 1. The van der Waals surface area contributed by atoms with Gasteiger partial charge in [0.1, 0.15) is 0 Å². The van der Waals surface area contributed by atoms with Crippen molar-refractivity contribution in [3.05, 3.63) is 74.4 Å². The molecule has 146 valence electrons. The Balaban J connectivity index is 1.77. The molecule has 1 aliphatic carbocycles. The van der Waals surface area contributed by atoms with Crippen LogP contribution in [0.5, 0.6) is 11.5 Å². The Hall–Kier alpha value is -3.06. The molecule has 3 aliphatic rings. The van der Waals surface area contributed by atoms with E-state index in [9.17, 15) is 9.59 Å². The number of benzene rings is 2. The minimum absolute atomic E-state index is 0.105. The molecule has 0 bridgehead atoms. The number of carbonyl (C=O) groups excluding carboxylic acids is 2. The maximum Gasteiger partial charge on any atom is 0.336 e. The molecular weight excluding hydrogens is 438 g/mol. The van der Waals surface area contributed by atoms with E-state index in [1.807, 2.05) is 31.2 Å². The van der Waals surface area contributed by atoms with Crippen LogP contribution < -0.4 is 14.8 Å². The lowest BCUT2D eigenvalue weighted by atomic mass is 9.79. The number of fused-ring (bicyclic) bond motifs is 3. The third-order valence-corrected chi connectivity index (χ3v) is 6.14. The van der Waals surface area contributed by atoms with Gasteiger partial charge in [-0.1, -0.05) is 40.2 Å². The highest BCUT2D eigenvalue weighted by Crippen LogP contribution is 2.50. The van der Waals surface area contributed by atoms with Gasteiger partial charge in [0.25, 0.3) is 0 Å². The second-order valence-corrected chi connectivity index (χ2v) is 7.83. The highest BCUT2D eigenvalue weighted by molar-refractivity contribution is 9.10. The summed E-state index contributed by atoms with van der Waals surface area (Å²) in [6, 6.07) is 11.1. The first-order valence-corrected chi connectivity index (χ1v) is 9.84. The second kappa shape index (κ2) is 6.49. The number of hydrogen-bond acceptors (Lipinski definition) is 6. The van der Waals surface area contributed by atoms with Crippen molar-refractivity contribution in [2.75, 3.05) is 13.9 Å². The Morgan fingerprint density at radius 2 is 1.86 bits per heavy atom.